The molecule has 1 fully saturated rings. The van der Waals surface area contributed by atoms with Crippen molar-refractivity contribution in [1.29, 1.82) is 0 Å². The molecule has 2 aromatic heterocycles. The first kappa shape index (κ1) is 14.2. The molecule has 0 atom stereocenters. The highest BCUT2D eigenvalue weighted by molar-refractivity contribution is 7.88. The lowest BCUT2D eigenvalue weighted by atomic mass is 10.4. The zero-order valence-electron chi connectivity index (χ0n) is 11.9. The first-order valence-corrected chi connectivity index (χ1v) is 8.83. The van der Waals surface area contributed by atoms with Gasteiger partial charge in [-0.3, -0.25) is 0 Å². The molecule has 0 aliphatic carbocycles. The van der Waals surface area contributed by atoms with Crippen molar-refractivity contribution in [3.63, 3.8) is 0 Å². The molecule has 2 aromatic rings. The van der Waals surface area contributed by atoms with Crippen molar-refractivity contribution in [3.05, 3.63) is 18.0 Å². The molecule has 21 heavy (non-hydrogen) atoms. The largest absolute Gasteiger partial charge is 0.355 e. The Morgan fingerprint density at radius 2 is 2.00 bits per heavy atom. The average molecular weight is 310 g/mol. The summed E-state index contributed by atoms with van der Waals surface area (Å²) < 4.78 is 26.3. The number of fused-ring (bicyclic) bond motifs is 1. The predicted octanol–water partition coefficient (Wildman–Crippen LogP) is -0.184. The van der Waals surface area contributed by atoms with Crippen LogP contribution in [0.15, 0.2) is 12.1 Å². The second-order valence-electron chi connectivity index (χ2n) is 5.19. The number of sulfonamides is 1. The Morgan fingerprint density at radius 3 is 2.71 bits per heavy atom. The van der Waals surface area contributed by atoms with E-state index in [2.05, 4.69) is 24.9 Å². The van der Waals surface area contributed by atoms with E-state index in [1.165, 1.54) is 12.8 Å². The van der Waals surface area contributed by atoms with Crippen LogP contribution in [0, 0.1) is 0 Å². The Balaban J connectivity index is 1.80. The lowest BCUT2D eigenvalue weighted by Gasteiger charge is -2.15. The van der Waals surface area contributed by atoms with Gasteiger partial charge in [0.2, 0.25) is 10.0 Å². The van der Waals surface area contributed by atoms with Crippen LogP contribution in [0.3, 0.4) is 0 Å². The van der Waals surface area contributed by atoms with Crippen LogP contribution >= 0.6 is 0 Å². The summed E-state index contributed by atoms with van der Waals surface area (Å²) in [5, 5.41) is 12.7. The van der Waals surface area contributed by atoms with E-state index in [-0.39, 0.29) is 6.54 Å². The Labute approximate surface area is 123 Å². The van der Waals surface area contributed by atoms with Crippen molar-refractivity contribution in [2.75, 3.05) is 30.8 Å². The van der Waals surface area contributed by atoms with Crippen LogP contribution in [0.25, 0.3) is 5.65 Å². The van der Waals surface area contributed by atoms with E-state index < -0.39 is 10.0 Å². The van der Waals surface area contributed by atoms with Crippen molar-refractivity contribution in [2.24, 2.45) is 0 Å². The second kappa shape index (κ2) is 5.57. The van der Waals surface area contributed by atoms with E-state index in [0.717, 1.165) is 25.2 Å². The van der Waals surface area contributed by atoms with Crippen molar-refractivity contribution >= 4 is 21.5 Å². The number of nitrogens with one attached hydrogen (secondary N) is 1. The van der Waals surface area contributed by atoms with Crippen LogP contribution in [0.5, 0.6) is 0 Å². The van der Waals surface area contributed by atoms with Gasteiger partial charge in [0.05, 0.1) is 6.26 Å². The summed E-state index contributed by atoms with van der Waals surface area (Å²) in [6.07, 6.45) is 3.96. The first-order chi connectivity index (χ1) is 10.0. The molecule has 1 aliphatic rings. The first-order valence-electron chi connectivity index (χ1n) is 6.94. The molecular weight excluding hydrogens is 292 g/mol. The van der Waals surface area contributed by atoms with Crippen LogP contribution in [0.1, 0.15) is 18.7 Å². The SMILES string of the molecule is CS(=O)(=O)NCCc1nnc2ccc(N3CCCC3)nn12. The van der Waals surface area contributed by atoms with Gasteiger partial charge in [-0.1, -0.05) is 0 Å². The molecular formula is C12H18N6O2S. The van der Waals surface area contributed by atoms with Gasteiger partial charge in [-0.25, -0.2) is 13.1 Å². The fourth-order valence-corrected chi connectivity index (χ4v) is 2.92. The maximum absolute atomic E-state index is 11.1. The normalized spacial score (nSPS) is 16.0. The fourth-order valence-electron chi connectivity index (χ4n) is 2.44. The highest BCUT2D eigenvalue weighted by Gasteiger charge is 2.15. The number of nitrogens with zero attached hydrogens (tertiary/aromatic N) is 5. The molecule has 0 bridgehead atoms. The molecule has 9 heteroatoms. The number of hydrogen-bond donors (Lipinski definition) is 1. The fraction of sp³-hybridized carbons (Fsp3) is 0.583. The van der Waals surface area contributed by atoms with Gasteiger partial charge in [0.15, 0.2) is 11.5 Å². The summed E-state index contributed by atoms with van der Waals surface area (Å²) in [5.74, 6) is 1.57. The summed E-state index contributed by atoms with van der Waals surface area (Å²) >= 11 is 0. The van der Waals surface area contributed by atoms with Gasteiger partial charge < -0.3 is 4.90 Å². The molecule has 0 unspecified atom stereocenters. The number of hydrogen-bond acceptors (Lipinski definition) is 6. The summed E-state index contributed by atoms with van der Waals surface area (Å²) in [6.45, 7) is 2.33. The molecule has 8 nitrogen and oxygen atoms in total. The van der Waals surface area contributed by atoms with Gasteiger partial charge in [0, 0.05) is 26.1 Å². The molecule has 3 rings (SSSR count). The monoisotopic (exact) mass is 310 g/mol. The lowest BCUT2D eigenvalue weighted by Crippen LogP contribution is -2.25. The topological polar surface area (TPSA) is 92.5 Å². The van der Waals surface area contributed by atoms with E-state index in [0.29, 0.717) is 17.9 Å². The van der Waals surface area contributed by atoms with E-state index in [4.69, 9.17) is 0 Å². The van der Waals surface area contributed by atoms with E-state index >= 15 is 0 Å². The third-order valence-electron chi connectivity index (χ3n) is 3.46. The summed E-state index contributed by atoms with van der Waals surface area (Å²) in [7, 11) is -3.19. The van der Waals surface area contributed by atoms with Gasteiger partial charge in [0.1, 0.15) is 5.82 Å². The lowest BCUT2D eigenvalue weighted by molar-refractivity contribution is 0.586. The molecule has 1 aliphatic heterocycles. The Hall–Kier alpha value is -1.74. The van der Waals surface area contributed by atoms with E-state index in [1.807, 2.05) is 12.1 Å². The number of aromatic nitrogens is 4. The molecule has 0 radical (unpaired) electrons. The Bertz CT molecular complexity index is 735. The highest BCUT2D eigenvalue weighted by atomic mass is 32.2. The zero-order valence-corrected chi connectivity index (χ0v) is 12.7. The van der Waals surface area contributed by atoms with Gasteiger partial charge in [-0.15, -0.1) is 15.3 Å². The molecule has 0 saturated carbocycles. The van der Waals surface area contributed by atoms with E-state index in [9.17, 15) is 8.42 Å². The molecule has 0 spiro atoms. The molecule has 3 heterocycles. The quantitative estimate of drug-likeness (QED) is 0.823. The molecule has 1 saturated heterocycles. The van der Waals surface area contributed by atoms with E-state index in [1.54, 1.807) is 4.52 Å². The van der Waals surface area contributed by atoms with Gasteiger partial charge in [-0.05, 0) is 25.0 Å². The number of rotatable bonds is 5. The average Bonchev–Trinajstić information content (AvgIpc) is 3.06. The van der Waals surface area contributed by atoms with Gasteiger partial charge in [-0.2, -0.15) is 4.52 Å². The number of anilines is 1. The third kappa shape index (κ3) is 3.30. The van der Waals surface area contributed by atoms with Gasteiger partial charge in [0.25, 0.3) is 0 Å². The Kier molecular flexibility index (Phi) is 3.77. The van der Waals surface area contributed by atoms with Gasteiger partial charge >= 0.3 is 0 Å². The van der Waals surface area contributed by atoms with Crippen molar-refractivity contribution in [1.82, 2.24) is 24.5 Å². The van der Waals surface area contributed by atoms with Crippen LogP contribution in [0.2, 0.25) is 0 Å². The van der Waals surface area contributed by atoms with Crippen molar-refractivity contribution < 1.29 is 8.42 Å². The van der Waals surface area contributed by atoms with Crippen molar-refractivity contribution in [3.8, 4) is 0 Å². The van der Waals surface area contributed by atoms with Crippen LogP contribution in [0.4, 0.5) is 5.82 Å². The van der Waals surface area contributed by atoms with Crippen LogP contribution in [-0.4, -0.2) is 54.1 Å². The standard InChI is InChI=1S/C12H18N6O2S/c1-21(19,20)13-7-6-11-15-14-10-4-5-12(16-18(10)11)17-8-2-3-9-17/h4-5,13H,2-3,6-9H2,1H3. The summed E-state index contributed by atoms with van der Waals surface area (Å²) in [6, 6.07) is 3.84. The maximum Gasteiger partial charge on any atom is 0.208 e. The second-order valence-corrected chi connectivity index (χ2v) is 7.02. The predicted molar refractivity (Wildman–Crippen MR) is 78.8 cm³/mol. The maximum atomic E-state index is 11.1. The highest BCUT2D eigenvalue weighted by Crippen LogP contribution is 2.17. The molecule has 0 amide bonds. The molecule has 114 valence electrons. The molecule has 1 N–H and O–H groups in total. The third-order valence-corrected chi connectivity index (χ3v) is 4.18. The summed E-state index contributed by atoms with van der Waals surface area (Å²) in [5.41, 5.74) is 0.673. The smallest absolute Gasteiger partial charge is 0.208 e. The Morgan fingerprint density at radius 1 is 1.24 bits per heavy atom. The minimum Gasteiger partial charge on any atom is -0.355 e. The van der Waals surface area contributed by atoms with Crippen LogP contribution < -0.4 is 9.62 Å². The zero-order chi connectivity index (χ0) is 14.9. The van der Waals surface area contributed by atoms with Crippen molar-refractivity contribution in [2.45, 2.75) is 19.3 Å². The molecule has 0 aromatic carbocycles. The summed E-state index contributed by atoms with van der Waals surface area (Å²) in [4.78, 5) is 2.23. The minimum atomic E-state index is -3.19. The minimum absolute atomic E-state index is 0.287. The van der Waals surface area contributed by atoms with Crippen LogP contribution in [-0.2, 0) is 16.4 Å².